The second-order valence-corrected chi connectivity index (χ2v) is 11.1. The van der Waals surface area contributed by atoms with E-state index in [1.807, 2.05) is 0 Å². The summed E-state index contributed by atoms with van der Waals surface area (Å²) in [5, 5.41) is 0. The highest BCUT2D eigenvalue weighted by atomic mass is 32.9. The first-order valence-electron chi connectivity index (χ1n) is 5.99. The van der Waals surface area contributed by atoms with Crippen molar-refractivity contribution in [1.82, 2.24) is 0 Å². The van der Waals surface area contributed by atoms with Gasteiger partial charge in [0, 0.05) is 4.75 Å². The smallest absolute Gasteiger partial charge is 0.247 e. The van der Waals surface area contributed by atoms with Gasteiger partial charge in [-0.25, -0.2) is 0 Å². The first kappa shape index (κ1) is 16.9. The molecule has 0 aromatic carbocycles. The van der Waals surface area contributed by atoms with Gasteiger partial charge in [-0.1, -0.05) is 46.0 Å². The van der Waals surface area contributed by atoms with Crippen LogP contribution >= 0.6 is 17.1 Å². The summed E-state index contributed by atoms with van der Waals surface area (Å²) in [6.07, 6.45) is 3.04. The van der Waals surface area contributed by atoms with Crippen LogP contribution in [-0.4, -0.2) is 18.0 Å². The van der Waals surface area contributed by atoms with Crippen molar-refractivity contribution in [2.75, 3.05) is 13.2 Å². The SMILES string of the molecule is CCCOP(=S)(OCCC)SC(C)(C)CC. The maximum atomic E-state index is 5.79. The molecule has 98 valence electrons. The van der Waals surface area contributed by atoms with Crippen molar-refractivity contribution in [3.05, 3.63) is 0 Å². The fourth-order valence-corrected chi connectivity index (χ4v) is 7.82. The van der Waals surface area contributed by atoms with Crippen LogP contribution in [-0.2, 0) is 20.9 Å². The van der Waals surface area contributed by atoms with E-state index in [1.54, 1.807) is 11.4 Å². The molecular formula is C11H25O2PS2. The van der Waals surface area contributed by atoms with Gasteiger partial charge in [-0.15, -0.1) is 0 Å². The Kier molecular flexibility index (Phi) is 8.56. The Morgan fingerprint density at radius 2 is 1.50 bits per heavy atom. The third-order valence-electron chi connectivity index (χ3n) is 2.12. The highest BCUT2D eigenvalue weighted by Crippen LogP contribution is 2.66. The van der Waals surface area contributed by atoms with E-state index < -0.39 is 5.69 Å². The molecule has 0 bridgehead atoms. The summed E-state index contributed by atoms with van der Waals surface area (Å²) in [5.41, 5.74) is -2.14. The van der Waals surface area contributed by atoms with Gasteiger partial charge in [0.25, 0.3) is 0 Å². The minimum Gasteiger partial charge on any atom is -0.322 e. The van der Waals surface area contributed by atoms with Gasteiger partial charge in [0.1, 0.15) is 0 Å². The lowest BCUT2D eigenvalue weighted by molar-refractivity contribution is 0.259. The van der Waals surface area contributed by atoms with Crippen molar-refractivity contribution in [1.29, 1.82) is 0 Å². The third kappa shape index (κ3) is 7.29. The molecule has 0 amide bonds. The van der Waals surface area contributed by atoms with E-state index in [0.29, 0.717) is 13.2 Å². The third-order valence-corrected chi connectivity index (χ3v) is 8.21. The van der Waals surface area contributed by atoms with Crippen LogP contribution in [0.15, 0.2) is 0 Å². The standard InChI is InChI=1S/C11H25O2PS2/c1-6-9-12-14(15,13-10-7-2)16-11(4,5)8-3/h6-10H2,1-5H3. The maximum Gasteiger partial charge on any atom is 0.247 e. The Morgan fingerprint density at radius 1 is 1.06 bits per heavy atom. The van der Waals surface area contributed by atoms with Gasteiger partial charge < -0.3 is 9.05 Å². The number of hydrogen-bond donors (Lipinski definition) is 0. The fraction of sp³-hybridized carbons (Fsp3) is 1.00. The van der Waals surface area contributed by atoms with Crippen molar-refractivity contribution < 1.29 is 9.05 Å². The van der Waals surface area contributed by atoms with Crippen molar-refractivity contribution in [2.24, 2.45) is 0 Å². The number of hydrogen-bond acceptors (Lipinski definition) is 4. The minimum atomic E-state index is -2.14. The van der Waals surface area contributed by atoms with Gasteiger partial charge >= 0.3 is 0 Å². The molecule has 0 saturated heterocycles. The van der Waals surface area contributed by atoms with Crippen LogP contribution in [0.1, 0.15) is 53.9 Å². The fourth-order valence-electron chi connectivity index (χ4n) is 0.863. The van der Waals surface area contributed by atoms with E-state index in [0.717, 1.165) is 19.3 Å². The Balaban J connectivity index is 4.46. The van der Waals surface area contributed by atoms with E-state index in [1.165, 1.54) is 0 Å². The molecule has 0 heterocycles. The Bertz CT molecular complexity index is 220. The Hall–Kier alpha value is 0.920. The topological polar surface area (TPSA) is 18.5 Å². The quantitative estimate of drug-likeness (QED) is 0.555. The molecule has 0 spiro atoms. The summed E-state index contributed by atoms with van der Waals surface area (Å²) in [4.78, 5) is 0. The molecule has 0 radical (unpaired) electrons. The zero-order valence-corrected chi connectivity index (χ0v) is 13.6. The molecule has 0 aromatic rings. The highest BCUT2D eigenvalue weighted by molar-refractivity contribution is 8.68. The van der Waals surface area contributed by atoms with Crippen LogP contribution in [0.2, 0.25) is 0 Å². The Labute approximate surface area is 110 Å². The van der Waals surface area contributed by atoms with Gasteiger partial charge in [-0.2, -0.15) is 0 Å². The Morgan fingerprint density at radius 3 is 1.81 bits per heavy atom. The molecule has 0 N–H and O–H groups in total. The molecule has 0 unspecified atom stereocenters. The first-order valence-corrected chi connectivity index (χ1v) is 10.0. The summed E-state index contributed by atoms with van der Waals surface area (Å²) in [5.74, 6) is 0. The van der Waals surface area contributed by atoms with Gasteiger partial charge in [0.15, 0.2) is 0 Å². The second-order valence-electron chi connectivity index (χ2n) is 4.32. The van der Waals surface area contributed by atoms with Crippen molar-refractivity contribution in [3.63, 3.8) is 0 Å². The van der Waals surface area contributed by atoms with Crippen LogP contribution in [0.4, 0.5) is 0 Å². The van der Waals surface area contributed by atoms with Crippen LogP contribution in [0.25, 0.3) is 0 Å². The van der Waals surface area contributed by atoms with E-state index >= 15 is 0 Å². The van der Waals surface area contributed by atoms with Crippen LogP contribution in [0.3, 0.4) is 0 Å². The van der Waals surface area contributed by atoms with E-state index in [2.05, 4.69) is 34.6 Å². The lowest BCUT2D eigenvalue weighted by Crippen LogP contribution is -2.13. The molecular weight excluding hydrogens is 259 g/mol. The van der Waals surface area contributed by atoms with E-state index in [4.69, 9.17) is 20.9 Å². The summed E-state index contributed by atoms with van der Waals surface area (Å²) in [7, 11) is 0. The van der Waals surface area contributed by atoms with E-state index in [9.17, 15) is 0 Å². The maximum absolute atomic E-state index is 5.79. The van der Waals surface area contributed by atoms with Crippen molar-refractivity contribution >= 4 is 28.9 Å². The average Bonchev–Trinajstić information content (AvgIpc) is 2.23. The van der Waals surface area contributed by atoms with E-state index in [-0.39, 0.29) is 4.75 Å². The van der Waals surface area contributed by atoms with Crippen molar-refractivity contribution in [2.45, 2.75) is 58.6 Å². The summed E-state index contributed by atoms with van der Waals surface area (Å²) in [6, 6.07) is 0. The summed E-state index contributed by atoms with van der Waals surface area (Å²) < 4.78 is 11.7. The molecule has 0 rings (SSSR count). The lowest BCUT2D eigenvalue weighted by Gasteiger charge is -2.30. The van der Waals surface area contributed by atoms with Crippen LogP contribution in [0.5, 0.6) is 0 Å². The highest BCUT2D eigenvalue weighted by Gasteiger charge is 2.29. The number of rotatable bonds is 9. The lowest BCUT2D eigenvalue weighted by atomic mass is 10.1. The van der Waals surface area contributed by atoms with Gasteiger partial charge in [0.2, 0.25) is 5.69 Å². The monoisotopic (exact) mass is 284 g/mol. The summed E-state index contributed by atoms with van der Waals surface area (Å²) >= 11 is 7.29. The molecule has 16 heavy (non-hydrogen) atoms. The molecule has 0 aliphatic heterocycles. The second kappa shape index (κ2) is 8.10. The van der Waals surface area contributed by atoms with Gasteiger partial charge in [-0.3, -0.25) is 0 Å². The molecule has 5 heteroatoms. The van der Waals surface area contributed by atoms with Crippen LogP contribution < -0.4 is 0 Å². The zero-order chi connectivity index (χ0) is 12.7. The molecule has 0 aromatic heterocycles. The van der Waals surface area contributed by atoms with Gasteiger partial charge in [0.05, 0.1) is 13.2 Å². The molecule has 0 aliphatic rings. The molecule has 0 fully saturated rings. The van der Waals surface area contributed by atoms with Gasteiger partial charge in [-0.05, 0) is 31.1 Å². The predicted octanol–water partition coefficient (Wildman–Crippen LogP) is 4.99. The predicted molar refractivity (Wildman–Crippen MR) is 78.7 cm³/mol. The zero-order valence-electron chi connectivity index (χ0n) is 11.1. The molecule has 2 nitrogen and oxygen atoms in total. The van der Waals surface area contributed by atoms with Crippen LogP contribution in [0, 0.1) is 0 Å². The normalized spacial score (nSPS) is 13.1. The average molecular weight is 284 g/mol. The summed E-state index contributed by atoms with van der Waals surface area (Å²) in [6.45, 7) is 12.2. The molecule has 0 saturated carbocycles. The largest absolute Gasteiger partial charge is 0.322 e. The molecule has 0 atom stereocenters. The first-order chi connectivity index (χ1) is 7.39. The minimum absolute atomic E-state index is 0.136. The van der Waals surface area contributed by atoms with Crippen molar-refractivity contribution in [3.8, 4) is 0 Å². The molecule has 0 aliphatic carbocycles.